The number of esters is 1. The summed E-state index contributed by atoms with van der Waals surface area (Å²) < 4.78 is 51.7. The first-order valence-electron chi connectivity index (χ1n) is 27.6. The van der Waals surface area contributed by atoms with Gasteiger partial charge in [-0.2, -0.15) is 0 Å². The fourth-order valence-electron chi connectivity index (χ4n) is 10.7. The van der Waals surface area contributed by atoms with E-state index in [-0.39, 0.29) is 29.2 Å². The predicted octanol–water partition coefficient (Wildman–Crippen LogP) is 12.9. The van der Waals surface area contributed by atoms with E-state index in [9.17, 15) is 18.0 Å². The molecule has 12 rings (SSSR count). The van der Waals surface area contributed by atoms with Gasteiger partial charge in [0.1, 0.15) is 44.6 Å². The first-order valence-corrected chi connectivity index (χ1v) is 30.3. The number of methoxy groups -OCH3 is 2. The number of amides is 1. The summed E-state index contributed by atoms with van der Waals surface area (Å²) in [6.07, 6.45) is 3.95. The number of halogens is 1. The van der Waals surface area contributed by atoms with Crippen molar-refractivity contribution in [3.63, 3.8) is 0 Å². The number of sulfonamides is 1. The summed E-state index contributed by atoms with van der Waals surface area (Å²) in [7, 11) is 1.27. The molecular weight excluding hydrogens is 1150 g/mol. The molecule has 0 bridgehead atoms. The fourth-order valence-corrected chi connectivity index (χ4v) is 13.2. The van der Waals surface area contributed by atoms with Gasteiger partial charge >= 0.3 is 5.97 Å². The van der Waals surface area contributed by atoms with Gasteiger partial charge in [-0.1, -0.05) is 53.7 Å². The molecule has 0 spiro atoms. The third-order valence-electron chi connectivity index (χ3n) is 14.9. The number of thiophene rings is 1. The predicted molar refractivity (Wildman–Crippen MR) is 335 cm³/mol. The number of carbonyl (C=O) groups excluding carboxylic acids is 2. The molecule has 2 atom stereocenters. The molecule has 8 heterocycles. The molecule has 3 aliphatic rings. The Labute approximate surface area is 508 Å². The van der Waals surface area contributed by atoms with Gasteiger partial charge in [-0.15, -0.1) is 21.5 Å². The van der Waals surface area contributed by atoms with Crippen molar-refractivity contribution in [2.24, 2.45) is 4.99 Å². The van der Waals surface area contributed by atoms with Gasteiger partial charge < -0.3 is 33.9 Å². The summed E-state index contributed by atoms with van der Waals surface area (Å²) in [5.74, 6) is 3.65. The highest BCUT2D eigenvalue weighted by atomic mass is 35.5. The molecular formula is C64H66ClN11O8S2. The number of hydrogen-bond acceptors (Lipinski definition) is 17. The highest BCUT2D eigenvalue weighted by Crippen LogP contribution is 2.45. The van der Waals surface area contributed by atoms with Gasteiger partial charge in [-0.25, -0.2) is 8.42 Å². The summed E-state index contributed by atoms with van der Waals surface area (Å²) in [6, 6.07) is 28.5. The maximum Gasteiger partial charge on any atom is 0.308 e. The van der Waals surface area contributed by atoms with Crippen LogP contribution in [0.5, 0.6) is 11.5 Å². The molecule has 4 aromatic carbocycles. The lowest BCUT2D eigenvalue weighted by Gasteiger charge is -2.30. The van der Waals surface area contributed by atoms with E-state index in [1.807, 2.05) is 137 Å². The molecule has 5 aromatic heterocycles. The van der Waals surface area contributed by atoms with Gasteiger partial charge in [0.25, 0.3) is 10.0 Å². The molecule has 22 heteroatoms. The number of anilines is 3. The molecule has 0 fully saturated rings. The Balaban J connectivity index is 0.000000145. The second-order valence-electron chi connectivity index (χ2n) is 22.0. The zero-order valence-electron chi connectivity index (χ0n) is 49.9. The molecule has 86 heavy (non-hydrogen) atoms. The van der Waals surface area contributed by atoms with Gasteiger partial charge in [0, 0.05) is 74.9 Å². The molecule has 2 N–H and O–H groups in total. The first-order chi connectivity index (χ1) is 40.9. The Kier molecular flexibility index (Phi) is 17.0. The lowest BCUT2D eigenvalue weighted by Crippen LogP contribution is -2.30. The number of ether oxygens (including phenoxy) is 3. The molecule has 444 valence electrons. The quantitative estimate of drug-likeness (QED) is 0.115. The van der Waals surface area contributed by atoms with Crippen LogP contribution in [0.15, 0.2) is 136 Å². The number of benzene rings is 4. The summed E-state index contributed by atoms with van der Waals surface area (Å²) in [4.78, 5) is 45.0. The topological polar surface area (TPSA) is 221 Å². The highest BCUT2D eigenvalue weighted by molar-refractivity contribution is 7.92. The molecule has 1 amide bonds. The van der Waals surface area contributed by atoms with E-state index in [0.29, 0.717) is 41.0 Å². The van der Waals surface area contributed by atoms with Crippen molar-refractivity contribution in [1.29, 1.82) is 0 Å². The van der Waals surface area contributed by atoms with Crippen LogP contribution in [-0.4, -0.2) is 87.7 Å². The zero-order chi connectivity index (χ0) is 61.5. The average molecular weight is 1220 g/mol. The fraction of sp³-hybridized carbons (Fsp3) is 0.281. The van der Waals surface area contributed by atoms with Crippen molar-refractivity contribution >= 4 is 78.5 Å². The Hall–Kier alpha value is -8.92. The first kappa shape index (κ1) is 60.2. The Morgan fingerprint density at radius 1 is 0.919 bits per heavy atom. The third kappa shape index (κ3) is 12.2. The maximum atomic E-state index is 13.0. The van der Waals surface area contributed by atoms with E-state index >= 15 is 0 Å². The smallest absolute Gasteiger partial charge is 0.308 e. The van der Waals surface area contributed by atoms with Gasteiger partial charge in [-0.05, 0) is 140 Å². The summed E-state index contributed by atoms with van der Waals surface area (Å²) in [5, 5.41) is 18.5. The van der Waals surface area contributed by atoms with E-state index in [4.69, 9.17) is 35.3 Å². The van der Waals surface area contributed by atoms with Crippen molar-refractivity contribution in [3.05, 3.63) is 188 Å². The zero-order valence-corrected chi connectivity index (χ0v) is 52.2. The molecule has 0 saturated carbocycles. The van der Waals surface area contributed by atoms with Crippen LogP contribution in [0.4, 0.5) is 17.1 Å². The van der Waals surface area contributed by atoms with Gasteiger partial charge in [-0.3, -0.25) is 33.8 Å². The van der Waals surface area contributed by atoms with Crippen LogP contribution in [0, 0.1) is 34.6 Å². The number of carbonyl (C=O) groups is 2. The molecule has 0 radical (unpaired) electrons. The molecule has 19 nitrogen and oxygen atoms in total. The van der Waals surface area contributed by atoms with Crippen LogP contribution in [0.3, 0.4) is 0 Å². The molecule has 9 aromatic rings. The largest absolute Gasteiger partial charge is 0.496 e. The molecule has 0 aliphatic carbocycles. The SMILES string of the molecule is C=C1Nc2ccc(NS(=O)(=O)c3ccccc3OC)cc2CN1C.COc1cc2c3c(cnc2cc1-c1c(C)noc1C)CC(=O)N3[C@H](C)c1ccccn1.Cc1sc2c(c1C)C(c1ccc(Cl)cc1)=N[C@@H](CC(=O)OC(C)(C)C)c1nnc(C)n1-2. The van der Waals surface area contributed by atoms with E-state index < -0.39 is 21.7 Å². The maximum absolute atomic E-state index is 13.0. The van der Waals surface area contributed by atoms with Crippen molar-refractivity contribution in [1.82, 2.24) is 34.8 Å². The number of nitrogens with zero attached hydrogens (tertiary/aromatic N) is 9. The number of pyridine rings is 2. The summed E-state index contributed by atoms with van der Waals surface area (Å²) in [5.41, 5.74) is 11.8. The van der Waals surface area contributed by atoms with Crippen LogP contribution in [0.25, 0.3) is 27.0 Å². The lowest BCUT2D eigenvalue weighted by molar-refractivity contribution is -0.155. The molecule has 3 aliphatic heterocycles. The van der Waals surface area contributed by atoms with E-state index in [2.05, 4.69) is 55.8 Å². The van der Waals surface area contributed by atoms with Crippen LogP contribution in [0.2, 0.25) is 5.02 Å². The Bertz CT molecular complexity index is 4230. The van der Waals surface area contributed by atoms with Crippen LogP contribution >= 0.6 is 22.9 Å². The van der Waals surface area contributed by atoms with E-state index in [0.717, 1.165) is 101 Å². The van der Waals surface area contributed by atoms with Crippen LogP contribution in [-0.2, 0) is 37.3 Å². The van der Waals surface area contributed by atoms with Gasteiger partial charge in [0.05, 0.1) is 72.8 Å². The Morgan fingerprint density at radius 3 is 2.34 bits per heavy atom. The lowest BCUT2D eigenvalue weighted by atomic mass is 9.99. The molecule has 0 unspecified atom stereocenters. The van der Waals surface area contributed by atoms with Crippen molar-refractivity contribution < 1.29 is 36.7 Å². The van der Waals surface area contributed by atoms with E-state index in [1.165, 1.54) is 18.1 Å². The number of aryl methyl sites for hydroxylation is 4. The highest BCUT2D eigenvalue weighted by Gasteiger charge is 2.36. The second kappa shape index (κ2) is 24.2. The number of nitrogens with one attached hydrogen (secondary N) is 2. The number of aliphatic imine (C=N–C) groups is 1. The molecule has 0 saturated heterocycles. The monoisotopic (exact) mass is 1220 g/mol. The average Bonchev–Trinajstić information content (AvgIpc) is 1.59. The summed E-state index contributed by atoms with van der Waals surface area (Å²) >= 11 is 7.82. The normalized spacial score (nSPS) is 14.7. The van der Waals surface area contributed by atoms with E-state index in [1.54, 1.807) is 55.1 Å². The van der Waals surface area contributed by atoms with Crippen LogP contribution < -0.4 is 24.4 Å². The van der Waals surface area contributed by atoms with Crippen molar-refractivity contribution in [3.8, 4) is 27.6 Å². The minimum absolute atomic E-state index is 0.0382. The van der Waals surface area contributed by atoms with Crippen molar-refractivity contribution in [2.75, 3.05) is 36.2 Å². The number of para-hydroxylation sites is 1. The Morgan fingerprint density at radius 2 is 1.65 bits per heavy atom. The number of aromatic nitrogens is 6. The minimum Gasteiger partial charge on any atom is -0.496 e. The minimum atomic E-state index is -3.73. The van der Waals surface area contributed by atoms with Gasteiger partial charge in [0.15, 0.2) is 5.82 Å². The van der Waals surface area contributed by atoms with Crippen LogP contribution in [0.1, 0.15) is 108 Å². The second-order valence-corrected chi connectivity index (χ2v) is 25.3. The van der Waals surface area contributed by atoms with Crippen molar-refractivity contribution in [2.45, 2.75) is 104 Å². The number of hydrogen-bond donors (Lipinski definition) is 2. The van der Waals surface area contributed by atoms with Gasteiger partial charge in [0.2, 0.25) is 5.91 Å². The number of rotatable bonds is 11. The number of fused-ring (bicyclic) bond motifs is 7. The third-order valence-corrected chi connectivity index (χ3v) is 17.8. The standard InChI is InChI=1S/C24H22N4O3.C23H25ClN4O2S.C17H19N3O3S/c1-13-23(15(3)31-27-13)18-10-20-17(11-21(18)30-4)24-16(12-26-20)9-22(29)28(24)14(2)19-7-5-6-8-25-19;1-12-13(2)31-22-19(12)20(15-7-9-16(24)10-8-15)25-17(11-18(29)30-23(4,5)6)21-27-26-14(3)28(21)22;1-12-18-15-9-8-14(10-13(15)11-20(12)2)19-24(21,22)17-7-5-4-6-16(17)23-3/h5-8,10-12,14H,9H2,1-4H3;7-10,17H,11H2,1-6H3;4-10,18-19H,1,11H2,2-3H3/t14-;17-;/m10./s1. The summed E-state index contributed by atoms with van der Waals surface area (Å²) in [6.45, 7) is 22.1.